The summed E-state index contributed by atoms with van der Waals surface area (Å²) in [6.07, 6.45) is 6.34. The summed E-state index contributed by atoms with van der Waals surface area (Å²) in [7, 11) is 0. The van der Waals surface area contributed by atoms with Crippen molar-refractivity contribution in [3.8, 4) is 21.3 Å². The summed E-state index contributed by atoms with van der Waals surface area (Å²) < 4.78 is 2.15. The molecule has 128 valence electrons. The number of hydrogen-bond acceptors (Lipinski definition) is 4. The monoisotopic (exact) mass is 352 g/mol. The minimum absolute atomic E-state index is 0.262. The highest BCUT2D eigenvalue weighted by atomic mass is 32.1. The zero-order valence-corrected chi connectivity index (χ0v) is 14.9. The molecule has 0 unspecified atom stereocenters. The second kappa shape index (κ2) is 6.80. The Labute approximate surface area is 151 Å². The van der Waals surface area contributed by atoms with Crippen molar-refractivity contribution in [2.75, 3.05) is 13.1 Å². The van der Waals surface area contributed by atoms with Crippen molar-refractivity contribution in [2.45, 2.75) is 19.9 Å². The molecule has 0 aliphatic carbocycles. The van der Waals surface area contributed by atoms with Crippen LogP contribution in [0.4, 0.5) is 0 Å². The Morgan fingerprint density at radius 2 is 2.08 bits per heavy atom. The summed E-state index contributed by atoms with van der Waals surface area (Å²) in [6, 6.07) is 10.2. The molecule has 1 amide bonds. The summed E-state index contributed by atoms with van der Waals surface area (Å²) in [6.45, 7) is 4.48. The van der Waals surface area contributed by atoms with Crippen LogP contribution in [0.3, 0.4) is 0 Å². The Kier molecular flexibility index (Phi) is 4.36. The van der Waals surface area contributed by atoms with Gasteiger partial charge in [0.1, 0.15) is 5.01 Å². The highest BCUT2D eigenvalue weighted by molar-refractivity contribution is 7.18. The summed E-state index contributed by atoms with van der Waals surface area (Å²) >= 11 is 1.65. The molecule has 4 rings (SSSR count). The van der Waals surface area contributed by atoms with E-state index in [1.807, 2.05) is 48.6 Å². The maximum Gasteiger partial charge on any atom is 0.222 e. The number of imidazole rings is 1. The van der Waals surface area contributed by atoms with Gasteiger partial charge in [-0.15, -0.1) is 11.3 Å². The predicted octanol–water partition coefficient (Wildman–Crippen LogP) is 3.54. The van der Waals surface area contributed by atoms with Gasteiger partial charge in [0, 0.05) is 56.1 Å². The number of thiazole rings is 1. The molecule has 3 aromatic rings. The molecular formula is C19H20N4OS. The Morgan fingerprint density at radius 3 is 2.84 bits per heavy atom. The molecule has 1 saturated heterocycles. The number of hydrogen-bond donors (Lipinski definition) is 0. The molecule has 1 aromatic carbocycles. The lowest BCUT2D eigenvalue weighted by Gasteiger charge is -2.14. The maximum absolute atomic E-state index is 12.0. The van der Waals surface area contributed by atoms with E-state index < -0.39 is 0 Å². The lowest BCUT2D eigenvalue weighted by Crippen LogP contribution is -2.25. The van der Waals surface area contributed by atoms with Crippen molar-refractivity contribution >= 4 is 17.2 Å². The Hall–Kier alpha value is -2.47. The van der Waals surface area contributed by atoms with E-state index in [-0.39, 0.29) is 5.91 Å². The first-order valence-corrected chi connectivity index (χ1v) is 9.36. The summed E-state index contributed by atoms with van der Waals surface area (Å²) in [4.78, 5) is 24.0. The Morgan fingerprint density at radius 1 is 1.24 bits per heavy atom. The molecular weight excluding hydrogens is 332 g/mol. The molecule has 0 spiro atoms. The van der Waals surface area contributed by atoms with E-state index in [1.54, 1.807) is 11.3 Å². The van der Waals surface area contributed by atoms with Crippen LogP contribution in [0.1, 0.15) is 13.3 Å². The van der Waals surface area contributed by atoms with Crippen LogP contribution < -0.4 is 0 Å². The molecule has 5 nitrogen and oxygen atoms in total. The fourth-order valence-corrected chi connectivity index (χ4v) is 4.27. The van der Waals surface area contributed by atoms with E-state index in [0.717, 1.165) is 40.9 Å². The molecule has 25 heavy (non-hydrogen) atoms. The van der Waals surface area contributed by atoms with Crippen LogP contribution in [-0.2, 0) is 11.3 Å². The van der Waals surface area contributed by atoms with Crippen LogP contribution in [0.5, 0.6) is 0 Å². The Balaban J connectivity index is 1.54. The molecule has 0 saturated carbocycles. The third-order valence-corrected chi connectivity index (χ3v) is 5.64. The molecule has 2 aromatic heterocycles. The van der Waals surface area contributed by atoms with Gasteiger partial charge in [0.15, 0.2) is 5.82 Å². The third-order valence-electron chi connectivity index (χ3n) is 4.59. The van der Waals surface area contributed by atoms with Gasteiger partial charge < -0.3 is 9.47 Å². The number of likely N-dealkylation sites (tertiary alicyclic amines) is 1. The lowest BCUT2D eigenvalue weighted by atomic mass is 10.1. The van der Waals surface area contributed by atoms with Crippen LogP contribution in [-0.4, -0.2) is 38.4 Å². The third kappa shape index (κ3) is 3.22. The van der Waals surface area contributed by atoms with Gasteiger partial charge in [0.2, 0.25) is 5.91 Å². The number of carbonyl (C=O) groups excluding carboxylic acids is 1. The molecule has 0 bridgehead atoms. The molecule has 3 heterocycles. The summed E-state index contributed by atoms with van der Waals surface area (Å²) in [5.41, 5.74) is 1.12. The predicted molar refractivity (Wildman–Crippen MR) is 99.1 cm³/mol. The molecule has 0 N–H and O–H groups in total. The van der Waals surface area contributed by atoms with Crippen LogP contribution in [0.25, 0.3) is 21.3 Å². The fourth-order valence-electron chi connectivity index (χ4n) is 3.33. The van der Waals surface area contributed by atoms with Crippen LogP contribution >= 0.6 is 11.3 Å². The number of carbonyl (C=O) groups is 1. The topological polar surface area (TPSA) is 51.0 Å². The van der Waals surface area contributed by atoms with E-state index in [0.29, 0.717) is 12.3 Å². The van der Waals surface area contributed by atoms with E-state index in [1.165, 1.54) is 0 Å². The smallest absolute Gasteiger partial charge is 0.222 e. The number of amides is 1. The van der Waals surface area contributed by atoms with E-state index in [9.17, 15) is 4.79 Å². The van der Waals surface area contributed by atoms with Gasteiger partial charge in [0.05, 0.1) is 4.88 Å². The molecule has 1 fully saturated rings. The highest BCUT2D eigenvalue weighted by Crippen LogP contribution is 2.32. The second-order valence-electron chi connectivity index (χ2n) is 6.30. The highest BCUT2D eigenvalue weighted by Gasteiger charge is 2.29. The summed E-state index contributed by atoms with van der Waals surface area (Å²) in [5, 5.41) is 0.998. The molecule has 1 aliphatic heterocycles. The van der Waals surface area contributed by atoms with Gasteiger partial charge in [-0.05, 0) is 6.92 Å². The van der Waals surface area contributed by atoms with Gasteiger partial charge in [-0.1, -0.05) is 30.3 Å². The first kappa shape index (κ1) is 16.0. The zero-order valence-electron chi connectivity index (χ0n) is 14.1. The average Bonchev–Trinajstić information content (AvgIpc) is 3.35. The van der Waals surface area contributed by atoms with Crippen molar-refractivity contribution in [1.29, 1.82) is 0 Å². The van der Waals surface area contributed by atoms with Crippen LogP contribution in [0.15, 0.2) is 48.9 Å². The van der Waals surface area contributed by atoms with Gasteiger partial charge in [-0.3, -0.25) is 4.79 Å². The fraction of sp³-hybridized carbons (Fsp3) is 0.316. The average molecular weight is 352 g/mol. The standard InChI is InChI=1S/C19H20N4OS/c1-2-22-12-14(10-17(22)24)13-23-9-8-20-18(23)16-11-21-19(25-16)15-6-4-3-5-7-15/h3-9,11,14H,2,10,12-13H2,1H3/t14-/m1/s1. The molecule has 6 heteroatoms. The Bertz CT molecular complexity index is 870. The number of aromatic nitrogens is 3. The van der Waals surface area contributed by atoms with Crippen molar-refractivity contribution in [3.63, 3.8) is 0 Å². The SMILES string of the molecule is CCN1C[C@H](Cn2ccnc2-c2cnc(-c3ccccc3)s2)CC1=O. The van der Waals surface area contributed by atoms with Crippen molar-refractivity contribution in [1.82, 2.24) is 19.4 Å². The first-order valence-electron chi connectivity index (χ1n) is 8.55. The first-order chi connectivity index (χ1) is 12.2. The van der Waals surface area contributed by atoms with Crippen molar-refractivity contribution < 1.29 is 4.79 Å². The van der Waals surface area contributed by atoms with Crippen molar-refractivity contribution in [2.24, 2.45) is 5.92 Å². The molecule has 1 atom stereocenters. The van der Waals surface area contributed by atoms with E-state index in [4.69, 9.17) is 0 Å². The minimum atomic E-state index is 0.262. The zero-order chi connectivity index (χ0) is 17.2. The van der Waals surface area contributed by atoms with Gasteiger partial charge >= 0.3 is 0 Å². The van der Waals surface area contributed by atoms with Gasteiger partial charge in [0.25, 0.3) is 0 Å². The van der Waals surface area contributed by atoms with E-state index in [2.05, 4.69) is 26.7 Å². The van der Waals surface area contributed by atoms with Crippen molar-refractivity contribution in [3.05, 3.63) is 48.9 Å². The number of nitrogens with zero attached hydrogens (tertiary/aromatic N) is 4. The second-order valence-corrected chi connectivity index (χ2v) is 7.33. The summed E-state index contributed by atoms with van der Waals surface area (Å²) in [5.74, 6) is 1.54. The molecule has 1 aliphatic rings. The van der Waals surface area contributed by atoms with Crippen LogP contribution in [0, 0.1) is 5.92 Å². The van der Waals surface area contributed by atoms with Gasteiger partial charge in [-0.2, -0.15) is 0 Å². The lowest BCUT2D eigenvalue weighted by molar-refractivity contribution is -0.127. The molecule has 0 radical (unpaired) electrons. The number of benzene rings is 1. The largest absolute Gasteiger partial charge is 0.343 e. The van der Waals surface area contributed by atoms with E-state index >= 15 is 0 Å². The van der Waals surface area contributed by atoms with Gasteiger partial charge in [-0.25, -0.2) is 9.97 Å². The van der Waals surface area contributed by atoms with Crippen LogP contribution in [0.2, 0.25) is 0 Å². The quantitative estimate of drug-likeness (QED) is 0.706. The normalized spacial score (nSPS) is 17.4. The number of rotatable bonds is 5. The minimum Gasteiger partial charge on any atom is -0.343 e. The maximum atomic E-state index is 12.0.